The van der Waals surface area contributed by atoms with Crippen LogP contribution < -0.4 is 5.73 Å². The molecule has 4 heteroatoms. The van der Waals surface area contributed by atoms with Crippen LogP contribution in [0.4, 0.5) is 0 Å². The van der Waals surface area contributed by atoms with Gasteiger partial charge < -0.3 is 5.73 Å². The Morgan fingerprint density at radius 2 is 2.00 bits per heavy atom. The van der Waals surface area contributed by atoms with Crippen LogP contribution in [0.5, 0.6) is 0 Å². The maximum Gasteiger partial charge on any atom is 0.138 e. The van der Waals surface area contributed by atoms with E-state index >= 15 is 0 Å². The van der Waals surface area contributed by atoms with Crippen LogP contribution in [0, 0.1) is 13.8 Å². The number of aryl methyl sites for hydroxylation is 1. The first-order valence-corrected chi connectivity index (χ1v) is 5.32. The van der Waals surface area contributed by atoms with Crippen LogP contribution in [-0.2, 0) is 0 Å². The van der Waals surface area contributed by atoms with Gasteiger partial charge in [-0.3, -0.25) is 4.57 Å². The molecule has 2 heterocycles. The normalized spacial score (nSPS) is 12.8. The van der Waals surface area contributed by atoms with Crippen molar-refractivity contribution >= 4 is 0 Å². The molecular weight excluding hydrogens is 200 g/mol. The molecule has 1 atom stereocenters. The summed E-state index contributed by atoms with van der Waals surface area (Å²) in [7, 11) is 0. The second kappa shape index (κ2) is 4.06. The summed E-state index contributed by atoms with van der Waals surface area (Å²) in [6.07, 6.45) is 3.60. The summed E-state index contributed by atoms with van der Waals surface area (Å²) < 4.78 is 1.97. The van der Waals surface area contributed by atoms with Crippen molar-refractivity contribution in [1.29, 1.82) is 0 Å². The van der Waals surface area contributed by atoms with Gasteiger partial charge in [0.2, 0.25) is 0 Å². The molecule has 0 aromatic carbocycles. The van der Waals surface area contributed by atoms with Crippen LogP contribution in [0.15, 0.2) is 24.7 Å². The van der Waals surface area contributed by atoms with Gasteiger partial charge in [0.1, 0.15) is 12.1 Å². The lowest BCUT2D eigenvalue weighted by Gasteiger charge is -2.07. The topological polar surface area (TPSA) is 56.7 Å². The first kappa shape index (κ1) is 10.8. The highest BCUT2D eigenvalue weighted by Gasteiger charge is 2.06. The molecule has 0 saturated carbocycles. The van der Waals surface area contributed by atoms with Gasteiger partial charge >= 0.3 is 0 Å². The monoisotopic (exact) mass is 216 g/mol. The molecular formula is C12H16N4. The van der Waals surface area contributed by atoms with Crippen molar-refractivity contribution in [2.24, 2.45) is 5.73 Å². The fourth-order valence-corrected chi connectivity index (χ4v) is 1.54. The number of hydrogen-bond acceptors (Lipinski definition) is 3. The van der Waals surface area contributed by atoms with E-state index < -0.39 is 0 Å². The molecule has 4 nitrogen and oxygen atoms in total. The zero-order chi connectivity index (χ0) is 11.7. The molecule has 2 N–H and O–H groups in total. The minimum absolute atomic E-state index is 0.0205. The van der Waals surface area contributed by atoms with Crippen LogP contribution in [0.25, 0.3) is 5.82 Å². The zero-order valence-corrected chi connectivity index (χ0v) is 9.81. The number of rotatable bonds is 2. The SMILES string of the molecule is Cc1ncn(-c2ccc([C@@H](C)N)cn2)c1C. The van der Waals surface area contributed by atoms with Crippen molar-refractivity contribution in [2.75, 3.05) is 0 Å². The summed E-state index contributed by atoms with van der Waals surface area (Å²) in [4.78, 5) is 8.64. The lowest BCUT2D eigenvalue weighted by molar-refractivity contribution is 0.807. The summed E-state index contributed by atoms with van der Waals surface area (Å²) in [5.74, 6) is 0.877. The molecule has 0 bridgehead atoms. The maximum absolute atomic E-state index is 5.78. The van der Waals surface area contributed by atoms with Crippen molar-refractivity contribution in [2.45, 2.75) is 26.8 Å². The number of nitrogens with zero attached hydrogens (tertiary/aromatic N) is 3. The van der Waals surface area contributed by atoms with Crippen LogP contribution >= 0.6 is 0 Å². The van der Waals surface area contributed by atoms with E-state index in [1.165, 1.54) is 0 Å². The summed E-state index contributed by atoms with van der Waals surface area (Å²) in [5.41, 5.74) is 8.96. The van der Waals surface area contributed by atoms with Crippen LogP contribution in [0.2, 0.25) is 0 Å². The molecule has 84 valence electrons. The molecule has 16 heavy (non-hydrogen) atoms. The molecule has 2 aromatic rings. The van der Waals surface area contributed by atoms with Gasteiger partial charge in [0, 0.05) is 17.9 Å². The van der Waals surface area contributed by atoms with Crippen LogP contribution in [0.1, 0.15) is 29.9 Å². The van der Waals surface area contributed by atoms with E-state index in [-0.39, 0.29) is 6.04 Å². The summed E-state index contributed by atoms with van der Waals surface area (Å²) in [6.45, 7) is 5.97. The van der Waals surface area contributed by atoms with Crippen molar-refractivity contribution in [3.8, 4) is 5.82 Å². The van der Waals surface area contributed by atoms with Gasteiger partial charge in [-0.2, -0.15) is 0 Å². The average molecular weight is 216 g/mol. The molecule has 2 aromatic heterocycles. The molecule has 0 fully saturated rings. The van der Waals surface area contributed by atoms with Gasteiger partial charge in [-0.15, -0.1) is 0 Å². The molecule has 0 radical (unpaired) electrons. The lowest BCUT2D eigenvalue weighted by Crippen LogP contribution is -2.06. The van der Waals surface area contributed by atoms with E-state index in [1.54, 1.807) is 6.33 Å². The largest absolute Gasteiger partial charge is 0.324 e. The molecule has 0 spiro atoms. The Morgan fingerprint density at radius 1 is 1.25 bits per heavy atom. The fraction of sp³-hybridized carbons (Fsp3) is 0.333. The molecule has 0 aliphatic heterocycles. The highest BCUT2D eigenvalue weighted by Crippen LogP contribution is 2.14. The van der Waals surface area contributed by atoms with Crippen LogP contribution in [0.3, 0.4) is 0 Å². The maximum atomic E-state index is 5.78. The minimum atomic E-state index is 0.0205. The second-order valence-electron chi connectivity index (χ2n) is 4.02. The van der Waals surface area contributed by atoms with E-state index in [4.69, 9.17) is 5.73 Å². The first-order valence-electron chi connectivity index (χ1n) is 5.32. The predicted molar refractivity (Wildman–Crippen MR) is 63.4 cm³/mol. The van der Waals surface area contributed by atoms with E-state index in [9.17, 15) is 0 Å². The Morgan fingerprint density at radius 3 is 2.44 bits per heavy atom. The second-order valence-corrected chi connectivity index (χ2v) is 4.02. The molecule has 2 rings (SSSR count). The Bertz CT molecular complexity index is 482. The van der Waals surface area contributed by atoms with Gasteiger partial charge in [0.05, 0.1) is 5.69 Å². The number of nitrogens with two attached hydrogens (primary N) is 1. The van der Waals surface area contributed by atoms with Crippen molar-refractivity contribution in [1.82, 2.24) is 14.5 Å². The van der Waals surface area contributed by atoms with Crippen LogP contribution in [-0.4, -0.2) is 14.5 Å². The van der Waals surface area contributed by atoms with Crippen molar-refractivity contribution in [3.63, 3.8) is 0 Å². The standard InChI is InChI=1S/C12H16N4/c1-8(13)11-4-5-12(14-6-11)16-7-15-9(2)10(16)3/h4-8H,13H2,1-3H3/t8-/m1/s1. The minimum Gasteiger partial charge on any atom is -0.324 e. The summed E-state index contributed by atoms with van der Waals surface area (Å²) in [6, 6.07) is 3.99. The van der Waals surface area contributed by atoms with E-state index in [1.807, 2.05) is 43.7 Å². The van der Waals surface area contributed by atoms with E-state index in [2.05, 4.69) is 9.97 Å². The molecule has 0 aliphatic rings. The van der Waals surface area contributed by atoms with Crippen molar-refractivity contribution < 1.29 is 0 Å². The lowest BCUT2D eigenvalue weighted by atomic mass is 10.1. The Kier molecular flexibility index (Phi) is 2.75. The van der Waals surface area contributed by atoms with Gasteiger partial charge in [0.15, 0.2) is 0 Å². The van der Waals surface area contributed by atoms with E-state index in [0.717, 1.165) is 22.8 Å². The fourth-order valence-electron chi connectivity index (χ4n) is 1.54. The molecule has 0 saturated heterocycles. The number of hydrogen-bond donors (Lipinski definition) is 1. The predicted octanol–water partition coefficient (Wildman–Crippen LogP) is 1.90. The Balaban J connectivity index is 2.38. The smallest absolute Gasteiger partial charge is 0.138 e. The highest BCUT2D eigenvalue weighted by molar-refractivity contribution is 5.30. The number of imidazole rings is 1. The zero-order valence-electron chi connectivity index (χ0n) is 9.81. The summed E-state index contributed by atoms with van der Waals surface area (Å²) in [5, 5.41) is 0. The van der Waals surface area contributed by atoms with Gasteiger partial charge in [-0.05, 0) is 32.4 Å². The molecule has 0 unspecified atom stereocenters. The third kappa shape index (κ3) is 1.84. The first-order chi connectivity index (χ1) is 7.59. The third-order valence-corrected chi connectivity index (χ3v) is 2.80. The molecule has 0 aliphatic carbocycles. The highest BCUT2D eigenvalue weighted by atomic mass is 15.1. The van der Waals surface area contributed by atoms with Gasteiger partial charge in [0.25, 0.3) is 0 Å². The Labute approximate surface area is 95.1 Å². The van der Waals surface area contributed by atoms with Gasteiger partial charge in [-0.1, -0.05) is 6.07 Å². The van der Waals surface area contributed by atoms with Crippen molar-refractivity contribution in [3.05, 3.63) is 41.6 Å². The van der Waals surface area contributed by atoms with E-state index in [0.29, 0.717) is 0 Å². The summed E-state index contributed by atoms with van der Waals surface area (Å²) >= 11 is 0. The third-order valence-electron chi connectivity index (χ3n) is 2.80. The van der Waals surface area contributed by atoms with Gasteiger partial charge in [-0.25, -0.2) is 9.97 Å². The quantitative estimate of drug-likeness (QED) is 0.834. The average Bonchev–Trinajstić information content (AvgIpc) is 2.60. The number of aromatic nitrogens is 3. The Hall–Kier alpha value is -1.68. The number of pyridine rings is 1. The molecule has 0 amide bonds.